The van der Waals surface area contributed by atoms with Gasteiger partial charge in [0.1, 0.15) is 0 Å². The smallest absolute Gasteiger partial charge is 0.237 e. The number of carbonyl (C=O) groups is 1. The molecule has 0 saturated heterocycles. The number of aromatic nitrogens is 1. The van der Waals surface area contributed by atoms with Crippen molar-refractivity contribution in [1.29, 1.82) is 0 Å². The molecule has 3 N–H and O–H groups in total. The highest BCUT2D eigenvalue weighted by Crippen LogP contribution is 2.11. The standard InChI is InChI=1S/C12H19N3O.ClH/c1-9(13)11(16)15-12(2,3)8-10-4-6-14-7-5-10;/h4-7,9H,8,13H2,1-3H3,(H,15,16);1H/t9-;/m0./s1. The molecule has 1 rings (SSSR count). The van der Waals surface area contributed by atoms with E-state index in [2.05, 4.69) is 10.3 Å². The van der Waals surface area contributed by atoms with Crippen LogP contribution in [0.3, 0.4) is 0 Å². The molecule has 0 aromatic carbocycles. The summed E-state index contributed by atoms with van der Waals surface area (Å²) >= 11 is 0. The summed E-state index contributed by atoms with van der Waals surface area (Å²) in [6, 6.07) is 3.41. The topological polar surface area (TPSA) is 68.0 Å². The maximum absolute atomic E-state index is 11.5. The molecule has 0 spiro atoms. The first-order chi connectivity index (χ1) is 7.41. The number of pyridine rings is 1. The number of hydrogen-bond donors (Lipinski definition) is 2. The van der Waals surface area contributed by atoms with Crippen LogP contribution in [0.5, 0.6) is 0 Å². The maximum atomic E-state index is 11.5. The lowest BCUT2D eigenvalue weighted by molar-refractivity contribution is -0.123. The van der Waals surface area contributed by atoms with Crippen molar-refractivity contribution in [2.45, 2.75) is 38.8 Å². The van der Waals surface area contributed by atoms with Crippen LogP contribution in [0, 0.1) is 0 Å². The van der Waals surface area contributed by atoms with Crippen molar-refractivity contribution in [3.8, 4) is 0 Å². The number of amides is 1. The number of nitrogens with one attached hydrogen (secondary N) is 1. The van der Waals surface area contributed by atoms with E-state index in [4.69, 9.17) is 5.73 Å². The van der Waals surface area contributed by atoms with Crippen LogP contribution in [-0.4, -0.2) is 22.5 Å². The molecule has 0 saturated carbocycles. The number of rotatable bonds is 4. The average molecular weight is 258 g/mol. The zero-order valence-electron chi connectivity index (χ0n) is 10.4. The lowest BCUT2D eigenvalue weighted by atomic mass is 9.95. The number of nitrogens with two attached hydrogens (primary N) is 1. The SMILES string of the molecule is C[C@H](N)C(=O)NC(C)(C)Cc1ccncc1.Cl. The monoisotopic (exact) mass is 257 g/mol. The van der Waals surface area contributed by atoms with E-state index in [1.54, 1.807) is 19.3 Å². The van der Waals surface area contributed by atoms with Crippen molar-refractivity contribution in [1.82, 2.24) is 10.3 Å². The summed E-state index contributed by atoms with van der Waals surface area (Å²) in [4.78, 5) is 15.5. The van der Waals surface area contributed by atoms with E-state index in [9.17, 15) is 4.79 Å². The van der Waals surface area contributed by atoms with Gasteiger partial charge in [-0.15, -0.1) is 12.4 Å². The molecule has 5 heteroatoms. The largest absolute Gasteiger partial charge is 0.350 e. The molecule has 17 heavy (non-hydrogen) atoms. The molecule has 0 unspecified atom stereocenters. The molecule has 1 amide bonds. The minimum atomic E-state index is -0.475. The Balaban J connectivity index is 0.00000256. The second-order valence-corrected chi connectivity index (χ2v) is 4.69. The number of nitrogens with zero attached hydrogens (tertiary/aromatic N) is 1. The van der Waals surface area contributed by atoms with Gasteiger partial charge in [-0.05, 0) is 44.9 Å². The summed E-state index contributed by atoms with van der Waals surface area (Å²) in [5.41, 5.74) is 6.36. The molecular weight excluding hydrogens is 238 g/mol. The van der Waals surface area contributed by atoms with Gasteiger partial charge in [-0.3, -0.25) is 9.78 Å². The number of carbonyl (C=O) groups excluding carboxylic acids is 1. The van der Waals surface area contributed by atoms with Crippen LogP contribution in [0.1, 0.15) is 26.3 Å². The third-order valence-corrected chi connectivity index (χ3v) is 2.27. The van der Waals surface area contributed by atoms with E-state index < -0.39 is 6.04 Å². The normalized spacial score (nSPS) is 12.5. The molecule has 96 valence electrons. The van der Waals surface area contributed by atoms with Gasteiger partial charge in [0.15, 0.2) is 0 Å². The van der Waals surface area contributed by atoms with Gasteiger partial charge in [-0.2, -0.15) is 0 Å². The fourth-order valence-electron chi connectivity index (χ4n) is 1.50. The second kappa shape index (κ2) is 6.57. The maximum Gasteiger partial charge on any atom is 0.237 e. The Morgan fingerprint density at radius 2 is 2.00 bits per heavy atom. The van der Waals surface area contributed by atoms with Crippen molar-refractivity contribution < 1.29 is 4.79 Å². The molecule has 0 radical (unpaired) electrons. The van der Waals surface area contributed by atoms with Crippen LogP contribution in [0.25, 0.3) is 0 Å². The third kappa shape index (κ3) is 5.65. The Morgan fingerprint density at radius 3 is 2.47 bits per heavy atom. The minimum Gasteiger partial charge on any atom is -0.350 e. The predicted molar refractivity (Wildman–Crippen MR) is 71.1 cm³/mol. The van der Waals surface area contributed by atoms with Crippen LogP contribution in [0.15, 0.2) is 24.5 Å². The molecule has 0 bridgehead atoms. The van der Waals surface area contributed by atoms with Crippen LogP contribution in [0.2, 0.25) is 0 Å². The molecule has 1 heterocycles. The Hall–Kier alpha value is -1.13. The summed E-state index contributed by atoms with van der Waals surface area (Å²) < 4.78 is 0. The Kier molecular flexibility index (Phi) is 6.13. The highest BCUT2D eigenvalue weighted by molar-refractivity contribution is 5.85. The van der Waals surface area contributed by atoms with Gasteiger partial charge in [-0.1, -0.05) is 0 Å². The highest BCUT2D eigenvalue weighted by atomic mass is 35.5. The van der Waals surface area contributed by atoms with Crippen LogP contribution >= 0.6 is 12.4 Å². The van der Waals surface area contributed by atoms with E-state index in [1.807, 2.05) is 26.0 Å². The fourth-order valence-corrected chi connectivity index (χ4v) is 1.50. The van der Waals surface area contributed by atoms with Gasteiger partial charge in [-0.25, -0.2) is 0 Å². The zero-order valence-corrected chi connectivity index (χ0v) is 11.3. The number of halogens is 1. The molecule has 1 aromatic rings. The molecule has 4 nitrogen and oxygen atoms in total. The van der Waals surface area contributed by atoms with E-state index >= 15 is 0 Å². The van der Waals surface area contributed by atoms with Crippen LogP contribution in [-0.2, 0) is 11.2 Å². The third-order valence-electron chi connectivity index (χ3n) is 2.27. The summed E-state index contributed by atoms with van der Waals surface area (Å²) in [5, 5.41) is 2.92. The number of hydrogen-bond acceptors (Lipinski definition) is 3. The molecular formula is C12H20ClN3O. The highest BCUT2D eigenvalue weighted by Gasteiger charge is 2.22. The lowest BCUT2D eigenvalue weighted by Crippen LogP contribution is -2.50. The average Bonchev–Trinajstić information content (AvgIpc) is 2.17. The first-order valence-corrected chi connectivity index (χ1v) is 5.37. The predicted octanol–water partition coefficient (Wildman–Crippen LogP) is 1.29. The molecule has 1 aromatic heterocycles. The Bertz CT molecular complexity index is 352. The second-order valence-electron chi connectivity index (χ2n) is 4.69. The van der Waals surface area contributed by atoms with Gasteiger partial charge in [0.25, 0.3) is 0 Å². The van der Waals surface area contributed by atoms with Gasteiger partial charge < -0.3 is 11.1 Å². The molecule has 1 atom stereocenters. The van der Waals surface area contributed by atoms with E-state index in [1.165, 1.54) is 0 Å². The fraction of sp³-hybridized carbons (Fsp3) is 0.500. The van der Waals surface area contributed by atoms with Crippen LogP contribution < -0.4 is 11.1 Å². The van der Waals surface area contributed by atoms with Crippen molar-refractivity contribution in [2.24, 2.45) is 5.73 Å². The van der Waals surface area contributed by atoms with E-state index in [0.29, 0.717) is 0 Å². The zero-order chi connectivity index (χ0) is 12.2. The first-order valence-electron chi connectivity index (χ1n) is 5.37. The Morgan fingerprint density at radius 1 is 1.47 bits per heavy atom. The summed E-state index contributed by atoms with van der Waals surface area (Å²) in [7, 11) is 0. The Labute approximate surface area is 108 Å². The molecule has 0 aliphatic rings. The van der Waals surface area contributed by atoms with Gasteiger partial charge >= 0.3 is 0 Å². The van der Waals surface area contributed by atoms with E-state index in [0.717, 1.165) is 12.0 Å². The van der Waals surface area contributed by atoms with Crippen molar-refractivity contribution in [2.75, 3.05) is 0 Å². The van der Waals surface area contributed by atoms with E-state index in [-0.39, 0.29) is 23.9 Å². The van der Waals surface area contributed by atoms with Gasteiger partial charge in [0.2, 0.25) is 5.91 Å². The summed E-state index contributed by atoms with van der Waals surface area (Å²) in [6.45, 7) is 5.64. The molecule has 0 aliphatic heterocycles. The van der Waals surface area contributed by atoms with Crippen LogP contribution in [0.4, 0.5) is 0 Å². The summed E-state index contributed by atoms with van der Waals surface area (Å²) in [6.07, 6.45) is 4.26. The first kappa shape index (κ1) is 15.9. The van der Waals surface area contributed by atoms with Crippen molar-refractivity contribution in [3.63, 3.8) is 0 Å². The minimum absolute atomic E-state index is 0. The quantitative estimate of drug-likeness (QED) is 0.854. The van der Waals surface area contributed by atoms with Crippen molar-refractivity contribution in [3.05, 3.63) is 30.1 Å². The molecule has 0 aliphatic carbocycles. The molecule has 0 fully saturated rings. The van der Waals surface area contributed by atoms with Gasteiger partial charge in [0.05, 0.1) is 6.04 Å². The van der Waals surface area contributed by atoms with Crippen molar-refractivity contribution >= 4 is 18.3 Å². The summed E-state index contributed by atoms with van der Waals surface area (Å²) in [5.74, 6) is -0.126. The lowest BCUT2D eigenvalue weighted by Gasteiger charge is -2.27. The van der Waals surface area contributed by atoms with Gasteiger partial charge in [0, 0.05) is 17.9 Å².